The highest BCUT2D eigenvalue weighted by Crippen LogP contribution is 2.32. The van der Waals surface area contributed by atoms with Crippen molar-refractivity contribution >= 4 is 12.0 Å². The van der Waals surface area contributed by atoms with Gasteiger partial charge in [0.15, 0.2) is 0 Å². The van der Waals surface area contributed by atoms with E-state index in [-0.39, 0.29) is 12.0 Å². The van der Waals surface area contributed by atoms with Gasteiger partial charge in [0.25, 0.3) is 5.91 Å². The molecule has 1 aromatic carbocycles. The highest BCUT2D eigenvalue weighted by Gasteiger charge is 2.47. The number of hydrogen-bond donors (Lipinski definition) is 0. The smallest absolute Gasteiger partial charge is 0.410 e. The molecular formula is C17H19N5O3. The quantitative estimate of drug-likeness (QED) is 0.823. The summed E-state index contributed by atoms with van der Waals surface area (Å²) in [4.78, 5) is 32.2. The third-order valence-corrected chi connectivity index (χ3v) is 4.77. The molecule has 3 heterocycles. The summed E-state index contributed by atoms with van der Waals surface area (Å²) in [6, 6.07) is 7.31. The van der Waals surface area contributed by atoms with E-state index in [0.717, 1.165) is 12.8 Å². The molecule has 0 saturated carbocycles. The van der Waals surface area contributed by atoms with Crippen LogP contribution in [0.5, 0.6) is 0 Å². The van der Waals surface area contributed by atoms with Crippen LogP contribution in [0.2, 0.25) is 0 Å². The van der Waals surface area contributed by atoms with Gasteiger partial charge < -0.3 is 14.5 Å². The summed E-state index contributed by atoms with van der Waals surface area (Å²) < 4.78 is 7.17. The van der Waals surface area contributed by atoms with E-state index in [4.69, 9.17) is 4.74 Å². The van der Waals surface area contributed by atoms with Crippen molar-refractivity contribution in [3.63, 3.8) is 0 Å². The molecule has 8 heteroatoms. The van der Waals surface area contributed by atoms with Gasteiger partial charge in [-0.2, -0.15) is 5.10 Å². The molecule has 0 radical (unpaired) electrons. The Balaban J connectivity index is 1.61. The molecule has 2 aliphatic heterocycles. The second-order valence-electron chi connectivity index (χ2n) is 6.59. The molecule has 2 saturated heterocycles. The van der Waals surface area contributed by atoms with Gasteiger partial charge in [0.05, 0.1) is 24.3 Å². The number of piperidine rings is 1. The molecule has 0 N–H and O–H groups in total. The topological polar surface area (TPSA) is 80.6 Å². The predicted octanol–water partition coefficient (Wildman–Crippen LogP) is 1.32. The number of ether oxygens (including phenoxy) is 1. The van der Waals surface area contributed by atoms with Gasteiger partial charge in [0.1, 0.15) is 18.3 Å². The molecule has 0 aliphatic carbocycles. The number of benzene rings is 1. The number of aromatic nitrogens is 3. The zero-order chi connectivity index (χ0) is 17.4. The van der Waals surface area contributed by atoms with Crippen LogP contribution in [0.25, 0.3) is 5.69 Å². The molecule has 2 amide bonds. The second kappa shape index (κ2) is 5.87. The Labute approximate surface area is 145 Å². The lowest BCUT2D eigenvalue weighted by Crippen LogP contribution is -2.52. The summed E-state index contributed by atoms with van der Waals surface area (Å²) in [6.45, 7) is 1.57. The van der Waals surface area contributed by atoms with E-state index in [1.807, 2.05) is 18.2 Å². The number of hydrogen-bond acceptors (Lipinski definition) is 5. The van der Waals surface area contributed by atoms with Gasteiger partial charge in [-0.1, -0.05) is 12.1 Å². The predicted molar refractivity (Wildman–Crippen MR) is 88.3 cm³/mol. The molecule has 0 bridgehead atoms. The minimum atomic E-state index is -0.595. The van der Waals surface area contributed by atoms with Crippen molar-refractivity contribution in [2.75, 3.05) is 26.7 Å². The van der Waals surface area contributed by atoms with Crippen LogP contribution in [0.1, 0.15) is 23.2 Å². The Morgan fingerprint density at radius 1 is 1.28 bits per heavy atom. The molecule has 4 rings (SSSR count). The van der Waals surface area contributed by atoms with Gasteiger partial charge in [-0.25, -0.2) is 14.5 Å². The van der Waals surface area contributed by atoms with Crippen molar-refractivity contribution in [1.29, 1.82) is 0 Å². The lowest BCUT2D eigenvalue weighted by molar-refractivity contribution is -0.00521. The zero-order valence-corrected chi connectivity index (χ0v) is 14.0. The van der Waals surface area contributed by atoms with Gasteiger partial charge >= 0.3 is 6.09 Å². The van der Waals surface area contributed by atoms with Gasteiger partial charge in [-0.15, -0.1) is 0 Å². The standard InChI is InChI=1S/C17H19N5O3/c1-20-9-17(25-16(20)24)7-4-8-21(10-17)15(23)13-5-2-3-6-14(13)22-12-18-11-19-22/h2-3,5-6,11-12H,4,7-10H2,1H3. The van der Waals surface area contributed by atoms with Crippen molar-refractivity contribution in [1.82, 2.24) is 24.6 Å². The first kappa shape index (κ1) is 15.6. The van der Waals surface area contributed by atoms with E-state index in [1.165, 1.54) is 6.33 Å². The number of likely N-dealkylation sites (tertiary alicyclic amines) is 1. The number of likely N-dealkylation sites (N-methyl/N-ethyl adjacent to an activating group) is 1. The highest BCUT2D eigenvalue weighted by molar-refractivity contribution is 5.98. The Hall–Kier alpha value is -2.90. The van der Waals surface area contributed by atoms with E-state index in [2.05, 4.69) is 10.1 Å². The molecule has 1 aromatic heterocycles. The maximum atomic E-state index is 13.1. The number of rotatable bonds is 2. The van der Waals surface area contributed by atoms with Gasteiger partial charge in [-0.3, -0.25) is 4.79 Å². The summed E-state index contributed by atoms with van der Waals surface area (Å²) in [6.07, 6.45) is 4.26. The zero-order valence-electron chi connectivity index (χ0n) is 14.0. The van der Waals surface area contributed by atoms with Crippen LogP contribution in [-0.2, 0) is 4.74 Å². The van der Waals surface area contributed by atoms with E-state index in [9.17, 15) is 9.59 Å². The van der Waals surface area contributed by atoms with Crippen molar-refractivity contribution in [2.45, 2.75) is 18.4 Å². The van der Waals surface area contributed by atoms with Crippen LogP contribution in [0.4, 0.5) is 4.79 Å². The first-order chi connectivity index (χ1) is 12.1. The first-order valence-electron chi connectivity index (χ1n) is 8.25. The third kappa shape index (κ3) is 2.73. The van der Waals surface area contributed by atoms with Gasteiger partial charge in [0, 0.05) is 13.6 Å². The summed E-state index contributed by atoms with van der Waals surface area (Å²) in [5.41, 5.74) is 0.648. The summed E-state index contributed by atoms with van der Waals surface area (Å²) in [5, 5.41) is 4.12. The Morgan fingerprint density at radius 2 is 2.12 bits per heavy atom. The maximum absolute atomic E-state index is 13.1. The highest BCUT2D eigenvalue weighted by atomic mass is 16.6. The molecule has 1 unspecified atom stereocenters. The van der Waals surface area contributed by atoms with Crippen LogP contribution in [0, 0.1) is 0 Å². The lowest BCUT2D eigenvalue weighted by Gasteiger charge is -2.38. The summed E-state index contributed by atoms with van der Waals surface area (Å²) >= 11 is 0. The Morgan fingerprint density at radius 3 is 2.84 bits per heavy atom. The van der Waals surface area contributed by atoms with E-state index >= 15 is 0 Å². The minimum absolute atomic E-state index is 0.0872. The minimum Gasteiger partial charge on any atom is -0.439 e. The molecule has 1 atom stereocenters. The Kier molecular flexibility index (Phi) is 3.67. The first-order valence-corrected chi connectivity index (χ1v) is 8.25. The average Bonchev–Trinajstić information content (AvgIpc) is 3.23. The van der Waals surface area contributed by atoms with Gasteiger partial charge in [0.2, 0.25) is 0 Å². The average molecular weight is 341 g/mol. The van der Waals surface area contributed by atoms with E-state index < -0.39 is 5.60 Å². The molecule has 8 nitrogen and oxygen atoms in total. The SMILES string of the molecule is CN1CC2(CCCN(C(=O)c3ccccc3-n3cncn3)C2)OC1=O. The van der Waals surface area contributed by atoms with Crippen LogP contribution in [0.15, 0.2) is 36.9 Å². The molecule has 2 aliphatic rings. The van der Waals surface area contributed by atoms with E-state index in [0.29, 0.717) is 30.9 Å². The van der Waals surface area contributed by atoms with Crippen molar-refractivity contribution in [3.05, 3.63) is 42.5 Å². The lowest BCUT2D eigenvalue weighted by atomic mass is 9.92. The summed E-state index contributed by atoms with van der Waals surface area (Å²) in [5.74, 6) is -0.0872. The maximum Gasteiger partial charge on any atom is 0.410 e. The van der Waals surface area contributed by atoms with Gasteiger partial charge in [-0.05, 0) is 25.0 Å². The van der Waals surface area contributed by atoms with E-state index in [1.54, 1.807) is 33.9 Å². The number of carbonyl (C=O) groups is 2. The normalized spacial score (nSPS) is 23.2. The second-order valence-corrected chi connectivity index (χ2v) is 6.59. The third-order valence-electron chi connectivity index (χ3n) is 4.77. The number of para-hydroxylation sites is 1. The number of carbonyl (C=O) groups excluding carboxylic acids is 2. The van der Waals surface area contributed by atoms with Crippen LogP contribution < -0.4 is 0 Å². The monoisotopic (exact) mass is 341 g/mol. The molecule has 25 heavy (non-hydrogen) atoms. The number of nitrogens with zero attached hydrogens (tertiary/aromatic N) is 5. The van der Waals surface area contributed by atoms with Crippen LogP contribution in [-0.4, -0.2) is 68.8 Å². The van der Waals surface area contributed by atoms with Crippen LogP contribution >= 0.6 is 0 Å². The fourth-order valence-corrected chi connectivity index (χ4v) is 3.63. The Bertz CT molecular complexity index is 806. The largest absolute Gasteiger partial charge is 0.439 e. The molecule has 1 spiro atoms. The van der Waals surface area contributed by atoms with Crippen LogP contribution in [0.3, 0.4) is 0 Å². The molecule has 130 valence electrons. The molecule has 2 aromatic rings. The van der Waals surface area contributed by atoms with Crippen molar-refractivity contribution in [3.8, 4) is 5.69 Å². The van der Waals surface area contributed by atoms with Crippen molar-refractivity contribution < 1.29 is 14.3 Å². The molecular weight excluding hydrogens is 322 g/mol. The fraction of sp³-hybridized carbons (Fsp3) is 0.412. The van der Waals surface area contributed by atoms with Crippen molar-refractivity contribution in [2.24, 2.45) is 0 Å². The number of amides is 2. The molecule has 2 fully saturated rings. The summed E-state index contributed by atoms with van der Waals surface area (Å²) in [7, 11) is 1.72. The fourth-order valence-electron chi connectivity index (χ4n) is 3.63.